The van der Waals surface area contributed by atoms with Gasteiger partial charge in [0, 0.05) is 43.6 Å². The lowest BCUT2D eigenvalue weighted by Crippen LogP contribution is -2.16. The molecule has 0 saturated heterocycles. The number of anilines is 3. The third-order valence-corrected chi connectivity index (χ3v) is 14.1. The zero-order valence-electron chi connectivity index (χ0n) is 34.5. The predicted octanol–water partition coefficient (Wildman–Crippen LogP) is 16.4. The largest absolute Gasteiger partial charge is 0.456 e. The van der Waals surface area contributed by atoms with Crippen LogP contribution in [0.2, 0.25) is 0 Å². The Balaban J connectivity index is 1.11. The molecule has 290 valence electrons. The molecule has 0 fully saturated rings. The van der Waals surface area contributed by atoms with Crippen LogP contribution < -0.4 is 4.90 Å². The Morgan fingerprint density at radius 3 is 1.77 bits per heavy atom. The molecular weight excluding hydrogens is 743 g/mol. The first-order valence-electron chi connectivity index (χ1n) is 21.3. The van der Waals surface area contributed by atoms with Gasteiger partial charge in [-0.25, -0.2) is 0 Å². The summed E-state index contributed by atoms with van der Waals surface area (Å²) in [6.45, 7) is 9.40. The lowest BCUT2D eigenvalue weighted by Gasteiger charge is -2.29. The minimum atomic E-state index is -0.158. The molecule has 0 N–H and O–H groups in total. The summed E-state index contributed by atoms with van der Waals surface area (Å²) in [5.41, 5.74) is 19.1. The van der Waals surface area contributed by atoms with Crippen molar-refractivity contribution in [3.63, 3.8) is 0 Å². The molecule has 2 aliphatic carbocycles. The number of hydrogen-bond donors (Lipinski definition) is 0. The van der Waals surface area contributed by atoms with Crippen molar-refractivity contribution in [2.24, 2.45) is 0 Å². The van der Waals surface area contributed by atoms with Crippen LogP contribution in [0.5, 0.6) is 0 Å². The maximum absolute atomic E-state index is 7.23. The van der Waals surface area contributed by atoms with Crippen LogP contribution in [-0.2, 0) is 10.8 Å². The van der Waals surface area contributed by atoms with Gasteiger partial charge in [0.1, 0.15) is 22.3 Å². The Labute approximate surface area is 354 Å². The number of hydrogen-bond acceptors (Lipinski definition) is 3. The highest BCUT2D eigenvalue weighted by Crippen LogP contribution is 2.55. The molecule has 2 aliphatic rings. The van der Waals surface area contributed by atoms with Crippen LogP contribution in [-0.4, -0.2) is 0 Å². The van der Waals surface area contributed by atoms with E-state index in [1.54, 1.807) is 0 Å². The Morgan fingerprint density at radius 1 is 0.393 bits per heavy atom. The predicted molar refractivity (Wildman–Crippen MR) is 254 cm³/mol. The monoisotopic (exact) mass is 783 g/mol. The van der Waals surface area contributed by atoms with Gasteiger partial charge in [0.15, 0.2) is 0 Å². The van der Waals surface area contributed by atoms with Crippen molar-refractivity contribution in [1.29, 1.82) is 0 Å². The van der Waals surface area contributed by atoms with Crippen molar-refractivity contribution in [3.8, 4) is 33.4 Å². The van der Waals surface area contributed by atoms with E-state index in [4.69, 9.17) is 8.83 Å². The molecule has 0 bridgehead atoms. The molecule has 0 atom stereocenters. The Morgan fingerprint density at radius 2 is 0.984 bits per heavy atom. The third kappa shape index (κ3) is 4.64. The first-order valence-corrected chi connectivity index (χ1v) is 21.3. The van der Waals surface area contributed by atoms with Crippen molar-refractivity contribution in [3.05, 3.63) is 198 Å². The van der Waals surface area contributed by atoms with E-state index in [2.05, 4.69) is 209 Å². The van der Waals surface area contributed by atoms with Gasteiger partial charge in [-0.2, -0.15) is 0 Å². The fraction of sp³-hybridized carbons (Fsp3) is 0.103. The molecule has 0 unspecified atom stereocenters. The molecule has 0 amide bonds. The van der Waals surface area contributed by atoms with Crippen LogP contribution in [0.15, 0.2) is 185 Å². The average Bonchev–Trinajstić information content (AvgIpc) is 3.98. The maximum atomic E-state index is 7.23. The molecule has 13 rings (SSSR count). The van der Waals surface area contributed by atoms with E-state index in [-0.39, 0.29) is 10.8 Å². The van der Waals surface area contributed by atoms with Crippen LogP contribution in [0.4, 0.5) is 17.1 Å². The molecule has 0 saturated carbocycles. The topological polar surface area (TPSA) is 29.5 Å². The van der Waals surface area contributed by atoms with E-state index in [1.807, 2.05) is 0 Å². The van der Waals surface area contributed by atoms with Crippen LogP contribution >= 0.6 is 0 Å². The second-order valence-corrected chi connectivity index (χ2v) is 18.0. The quantitative estimate of drug-likeness (QED) is 0.178. The summed E-state index contributed by atoms with van der Waals surface area (Å²) in [6.07, 6.45) is 0. The number of furan rings is 2. The number of fused-ring (bicyclic) bond motifs is 13. The van der Waals surface area contributed by atoms with Crippen molar-refractivity contribution in [2.75, 3.05) is 4.90 Å². The van der Waals surface area contributed by atoms with E-state index >= 15 is 0 Å². The first-order chi connectivity index (χ1) is 29.8. The van der Waals surface area contributed by atoms with Gasteiger partial charge in [-0.3, -0.25) is 0 Å². The molecule has 11 aromatic rings. The van der Waals surface area contributed by atoms with Crippen LogP contribution in [0.25, 0.3) is 88.0 Å². The molecule has 0 aliphatic heterocycles. The van der Waals surface area contributed by atoms with E-state index in [9.17, 15) is 0 Å². The molecule has 3 nitrogen and oxygen atoms in total. The molecule has 0 spiro atoms. The number of rotatable bonds is 4. The lowest BCUT2D eigenvalue weighted by atomic mass is 9.81. The van der Waals surface area contributed by atoms with Crippen molar-refractivity contribution in [1.82, 2.24) is 0 Å². The Hall–Kier alpha value is -7.36. The SMILES string of the molecule is CC1(C)c2ccccc2-c2ccc(-c3c4oc5cccc(N(c6ccc7c(c6)C(C)(C)c6ccccc6-7)c6cccc7ccccc67)c5c4cc4oc5ccccc5c34)cc21. The minimum absolute atomic E-state index is 0.154. The summed E-state index contributed by atoms with van der Waals surface area (Å²) >= 11 is 0. The van der Waals surface area contributed by atoms with Crippen LogP contribution in [0.3, 0.4) is 0 Å². The fourth-order valence-electron chi connectivity index (χ4n) is 11.1. The van der Waals surface area contributed by atoms with Gasteiger partial charge >= 0.3 is 0 Å². The zero-order chi connectivity index (χ0) is 40.8. The van der Waals surface area contributed by atoms with Crippen LogP contribution in [0, 0.1) is 0 Å². The zero-order valence-corrected chi connectivity index (χ0v) is 34.5. The minimum Gasteiger partial charge on any atom is -0.456 e. The molecule has 2 heterocycles. The van der Waals surface area contributed by atoms with E-state index in [0.29, 0.717) is 0 Å². The molecule has 0 radical (unpaired) electrons. The summed E-state index contributed by atoms with van der Waals surface area (Å²) in [4.78, 5) is 2.45. The summed E-state index contributed by atoms with van der Waals surface area (Å²) in [6, 6.07) is 64.2. The van der Waals surface area contributed by atoms with Crippen molar-refractivity contribution < 1.29 is 8.83 Å². The summed E-state index contributed by atoms with van der Waals surface area (Å²) < 4.78 is 14.0. The Bertz CT molecular complexity index is 3660. The highest BCUT2D eigenvalue weighted by Gasteiger charge is 2.37. The summed E-state index contributed by atoms with van der Waals surface area (Å²) in [5.74, 6) is 0. The third-order valence-electron chi connectivity index (χ3n) is 14.1. The van der Waals surface area contributed by atoms with Gasteiger partial charge in [-0.15, -0.1) is 0 Å². The first kappa shape index (κ1) is 34.5. The standard InChI is InChI=1S/C58H41NO2/c1-57(2)44-21-10-7-18-38(44)40-29-27-35(31-46(40)57)53-55-42-20-9-12-25-50(42)60-52(55)33-43-54-49(24-14-26-51(54)61-56(43)53)59(48-23-13-16-34-15-5-6-17-37(34)48)36-28-30-41-39-19-8-11-22-45(39)58(3,4)47(41)32-36/h5-33H,1-4H3. The number of benzene rings is 9. The Kier molecular flexibility index (Phi) is 6.85. The summed E-state index contributed by atoms with van der Waals surface area (Å²) in [5, 5.41) is 6.59. The molecule has 9 aromatic carbocycles. The normalized spacial score (nSPS) is 14.5. The lowest BCUT2D eigenvalue weighted by molar-refractivity contribution is 0.660. The second kappa shape index (κ2) is 12.1. The van der Waals surface area contributed by atoms with Crippen molar-refractivity contribution in [2.45, 2.75) is 38.5 Å². The summed E-state index contributed by atoms with van der Waals surface area (Å²) in [7, 11) is 0. The van der Waals surface area contributed by atoms with Crippen molar-refractivity contribution >= 4 is 71.7 Å². The second-order valence-electron chi connectivity index (χ2n) is 18.0. The van der Waals surface area contributed by atoms with Gasteiger partial charge < -0.3 is 13.7 Å². The molecule has 61 heavy (non-hydrogen) atoms. The molecule has 2 aromatic heterocycles. The van der Waals surface area contributed by atoms with E-state index in [0.717, 1.165) is 72.1 Å². The van der Waals surface area contributed by atoms with E-state index in [1.165, 1.54) is 55.3 Å². The van der Waals surface area contributed by atoms with Gasteiger partial charge in [-0.1, -0.05) is 155 Å². The van der Waals surface area contributed by atoms with Gasteiger partial charge in [-0.05, 0) is 104 Å². The fourth-order valence-corrected chi connectivity index (χ4v) is 11.1. The van der Waals surface area contributed by atoms with Gasteiger partial charge in [0.2, 0.25) is 0 Å². The number of nitrogens with zero attached hydrogens (tertiary/aromatic N) is 1. The molecular formula is C58H41NO2. The maximum Gasteiger partial charge on any atom is 0.144 e. The smallest absolute Gasteiger partial charge is 0.144 e. The van der Waals surface area contributed by atoms with Crippen LogP contribution in [0.1, 0.15) is 49.9 Å². The van der Waals surface area contributed by atoms with E-state index < -0.39 is 0 Å². The highest BCUT2D eigenvalue weighted by atomic mass is 16.3. The molecule has 3 heteroatoms. The average molecular weight is 784 g/mol. The van der Waals surface area contributed by atoms with Gasteiger partial charge in [0.05, 0.1) is 16.8 Å². The van der Waals surface area contributed by atoms with Gasteiger partial charge in [0.25, 0.3) is 0 Å². The number of para-hydroxylation sites is 1. The highest BCUT2D eigenvalue weighted by molar-refractivity contribution is 6.26.